The number of benzene rings is 1. The Bertz CT molecular complexity index is 841. The minimum Gasteiger partial charge on any atom is -0.377 e. The van der Waals surface area contributed by atoms with Crippen LogP contribution in [0.25, 0.3) is 11.0 Å². The zero-order valence-corrected chi connectivity index (χ0v) is 15.1. The van der Waals surface area contributed by atoms with Crippen molar-refractivity contribution in [1.29, 1.82) is 0 Å². The molecule has 0 bridgehead atoms. The number of aromatic nitrogens is 3. The third kappa shape index (κ3) is 3.82. The number of rotatable bonds is 7. The fourth-order valence-electron chi connectivity index (χ4n) is 3.18. The molecule has 0 spiro atoms. The van der Waals surface area contributed by atoms with Gasteiger partial charge >= 0.3 is 5.52 Å². The third-order valence-electron chi connectivity index (χ3n) is 4.43. The summed E-state index contributed by atoms with van der Waals surface area (Å²) in [6.45, 7) is 5.60. The van der Waals surface area contributed by atoms with E-state index in [0.717, 1.165) is 29.6 Å². The lowest BCUT2D eigenvalue weighted by Gasteiger charge is -2.05. The molecule has 25 heavy (non-hydrogen) atoms. The molecule has 0 unspecified atom stereocenters. The van der Waals surface area contributed by atoms with Gasteiger partial charge in [-0.2, -0.15) is 5.10 Å². The average molecular weight is 340 g/mol. The largest absolute Gasteiger partial charge is 0.377 e. The third-order valence-corrected chi connectivity index (χ3v) is 4.43. The van der Waals surface area contributed by atoms with Crippen LogP contribution in [0.15, 0.2) is 42.6 Å². The van der Waals surface area contributed by atoms with E-state index < -0.39 is 0 Å². The zero-order chi connectivity index (χ0) is 17.8. The second-order valence-corrected chi connectivity index (χ2v) is 6.68. The number of hydrogen-bond donors (Lipinski definition) is 1. The van der Waals surface area contributed by atoms with Crippen molar-refractivity contribution in [2.45, 2.75) is 39.2 Å². The Labute approximate surface area is 148 Å². The summed E-state index contributed by atoms with van der Waals surface area (Å²) in [7, 11) is 1.93. The van der Waals surface area contributed by atoms with Crippen molar-refractivity contribution in [3.05, 3.63) is 59.4 Å². The number of ether oxygens (including phenoxy) is 1. The van der Waals surface area contributed by atoms with Crippen molar-refractivity contribution < 1.29 is 14.7 Å². The van der Waals surface area contributed by atoms with Crippen molar-refractivity contribution in [2.75, 3.05) is 6.61 Å². The predicted molar refractivity (Wildman–Crippen MR) is 96.6 cm³/mol. The molecule has 0 fully saturated rings. The average Bonchev–Trinajstić information content (AvgIpc) is 2.93. The van der Waals surface area contributed by atoms with Gasteiger partial charge in [0, 0.05) is 30.9 Å². The van der Waals surface area contributed by atoms with Crippen molar-refractivity contribution in [3.8, 4) is 0 Å². The Morgan fingerprint density at radius 2 is 1.96 bits per heavy atom. The lowest BCUT2D eigenvalue weighted by molar-refractivity contribution is -0.884. The maximum absolute atomic E-state index is 10.3. The number of hydrogen-bond acceptors (Lipinski definition) is 3. The maximum atomic E-state index is 10.3. The fourth-order valence-corrected chi connectivity index (χ4v) is 3.18. The zero-order valence-electron chi connectivity index (χ0n) is 15.1. The smallest absolute Gasteiger partial charge is 0.305 e. The van der Waals surface area contributed by atoms with Crippen LogP contribution in [-0.2, 0) is 24.8 Å². The minimum atomic E-state index is 0.376. The van der Waals surface area contributed by atoms with Gasteiger partial charge in [0.15, 0.2) is 0 Å². The van der Waals surface area contributed by atoms with E-state index in [4.69, 9.17) is 4.74 Å². The number of nitrogens with zero attached hydrogens (tertiary/aromatic N) is 3. The van der Waals surface area contributed by atoms with Crippen molar-refractivity contribution in [3.63, 3.8) is 0 Å². The predicted octanol–water partition coefficient (Wildman–Crippen LogP) is 3.37. The molecule has 0 aliphatic carbocycles. The molecule has 3 rings (SSSR count). The molecule has 132 valence electrons. The topological polar surface area (TPSA) is 51.2 Å². The van der Waals surface area contributed by atoms with Gasteiger partial charge in [0.25, 0.3) is 0 Å². The van der Waals surface area contributed by atoms with Crippen molar-refractivity contribution in [2.24, 2.45) is 7.05 Å². The molecular formula is C20H26N3O2+. The van der Waals surface area contributed by atoms with Crippen LogP contribution in [-0.4, -0.2) is 21.6 Å². The highest BCUT2D eigenvalue weighted by molar-refractivity contribution is 5.78. The van der Waals surface area contributed by atoms with Gasteiger partial charge in [-0.05, 0) is 23.5 Å². The van der Waals surface area contributed by atoms with Crippen LogP contribution >= 0.6 is 0 Å². The standard InChI is InChI=1S/C20H26N3O2/c1-15(2)17-11-12-23(24)20-18(21-22(3)19(17)20)10-7-13-25-14-16-8-5-4-6-9-16/h4-6,8-9,11-12,15,24H,7,10,13-14H2,1-3H3/q+1. The number of pyridine rings is 1. The van der Waals surface area contributed by atoms with Crippen LogP contribution in [0.1, 0.15) is 43.0 Å². The molecule has 5 nitrogen and oxygen atoms in total. The summed E-state index contributed by atoms with van der Waals surface area (Å²) in [4.78, 5) is 0. The van der Waals surface area contributed by atoms with Crippen LogP contribution in [0.3, 0.4) is 0 Å². The first-order valence-corrected chi connectivity index (χ1v) is 8.79. The highest BCUT2D eigenvalue weighted by Gasteiger charge is 2.23. The Hall–Kier alpha value is -2.40. The molecule has 0 saturated carbocycles. The molecule has 3 aromatic rings. The van der Waals surface area contributed by atoms with Crippen LogP contribution in [0.2, 0.25) is 0 Å². The Morgan fingerprint density at radius 1 is 1.20 bits per heavy atom. The van der Waals surface area contributed by atoms with Crippen LogP contribution in [0.4, 0.5) is 0 Å². The summed E-state index contributed by atoms with van der Waals surface area (Å²) in [5.74, 6) is 0.376. The molecule has 5 heteroatoms. The SMILES string of the molecule is CC(C)c1cc[n+](O)c2c(CCCOCc3ccccc3)nn(C)c12. The Morgan fingerprint density at radius 3 is 2.68 bits per heavy atom. The van der Waals surface area contributed by atoms with Gasteiger partial charge in [0.1, 0.15) is 11.2 Å². The molecule has 0 aliphatic heterocycles. The summed E-state index contributed by atoms with van der Waals surface area (Å²) < 4.78 is 8.81. The quantitative estimate of drug-likeness (QED) is 0.407. The summed E-state index contributed by atoms with van der Waals surface area (Å²) in [5, 5.41) is 14.9. The molecule has 2 heterocycles. The number of aryl methyl sites for hydroxylation is 2. The normalized spacial score (nSPS) is 11.5. The lowest BCUT2D eigenvalue weighted by Crippen LogP contribution is -2.31. The van der Waals surface area contributed by atoms with Gasteiger partial charge < -0.3 is 4.74 Å². The Kier molecular flexibility index (Phi) is 5.34. The van der Waals surface area contributed by atoms with Gasteiger partial charge in [0.05, 0.1) is 6.61 Å². The summed E-state index contributed by atoms with van der Waals surface area (Å²) in [5.41, 5.74) is 5.09. The van der Waals surface area contributed by atoms with Crippen LogP contribution < -0.4 is 4.73 Å². The van der Waals surface area contributed by atoms with Gasteiger partial charge in [-0.25, -0.2) is 0 Å². The minimum absolute atomic E-state index is 0.376. The van der Waals surface area contributed by atoms with Gasteiger partial charge in [-0.1, -0.05) is 44.2 Å². The fraction of sp³-hybridized carbons (Fsp3) is 0.400. The van der Waals surface area contributed by atoms with Crippen LogP contribution in [0, 0.1) is 0 Å². The van der Waals surface area contributed by atoms with Gasteiger partial charge in [0.2, 0.25) is 6.20 Å². The molecule has 0 saturated heterocycles. The molecule has 0 radical (unpaired) electrons. The Balaban J connectivity index is 1.67. The summed E-state index contributed by atoms with van der Waals surface area (Å²) >= 11 is 0. The first kappa shape index (κ1) is 17.4. The summed E-state index contributed by atoms with van der Waals surface area (Å²) in [6.07, 6.45) is 3.34. The number of fused-ring (bicyclic) bond motifs is 1. The van der Waals surface area contributed by atoms with Gasteiger partial charge in [-0.15, -0.1) is 0 Å². The molecule has 0 aliphatic rings. The van der Waals surface area contributed by atoms with E-state index >= 15 is 0 Å². The molecule has 0 amide bonds. The lowest BCUT2D eigenvalue weighted by atomic mass is 10.0. The van der Waals surface area contributed by atoms with E-state index in [1.807, 2.05) is 36.0 Å². The van der Waals surface area contributed by atoms with E-state index in [2.05, 4.69) is 31.1 Å². The molecule has 1 N–H and O–H groups in total. The first-order valence-electron chi connectivity index (χ1n) is 8.79. The van der Waals surface area contributed by atoms with E-state index in [1.54, 1.807) is 6.20 Å². The monoisotopic (exact) mass is 340 g/mol. The highest BCUT2D eigenvalue weighted by Crippen LogP contribution is 2.25. The molecular weight excluding hydrogens is 314 g/mol. The maximum Gasteiger partial charge on any atom is 0.305 e. The van der Waals surface area contributed by atoms with Crippen molar-refractivity contribution in [1.82, 2.24) is 9.78 Å². The molecule has 2 aromatic heterocycles. The van der Waals surface area contributed by atoms with E-state index in [0.29, 0.717) is 19.1 Å². The van der Waals surface area contributed by atoms with E-state index in [9.17, 15) is 5.21 Å². The summed E-state index contributed by atoms with van der Waals surface area (Å²) in [6, 6.07) is 12.1. The van der Waals surface area contributed by atoms with Gasteiger partial charge in [-0.3, -0.25) is 9.89 Å². The second kappa shape index (κ2) is 7.66. The first-order chi connectivity index (χ1) is 12.1. The second-order valence-electron chi connectivity index (χ2n) is 6.68. The van der Waals surface area contributed by atoms with E-state index in [1.165, 1.54) is 15.9 Å². The molecule has 1 aromatic carbocycles. The van der Waals surface area contributed by atoms with Crippen LogP contribution in [0.5, 0.6) is 0 Å². The van der Waals surface area contributed by atoms with E-state index in [-0.39, 0.29) is 0 Å². The van der Waals surface area contributed by atoms with Crippen molar-refractivity contribution >= 4 is 11.0 Å². The highest BCUT2D eigenvalue weighted by atomic mass is 16.5. The molecule has 0 atom stereocenters.